The Morgan fingerprint density at radius 1 is 0.968 bits per heavy atom. The zero-order chi connectivity index (χ0) is 22.0. The largest absolute Gasteiger partial charge is 0.489 e. The molecule has 0 bridgehead atoms. The van der Waals surface area contributed by atoms with Crippen molar-refractivity contribution in [2.45, 2.75) is 37.6 Å². The predicted molar refractivity (Wildman–Crippen MR) is 127 cm³/mol. The van der Waals surface area contributed by atoms with Crippen molar-refractivity contribution in [3.05, 3.63) is 94.5 Å². The molecule has 0 aromatic heterocycles. The molecule has 4 nitrogen and oxygen atoms in total. The zero-order valence-electron chi connectivity index (χ0n) is 18.0. The first kappa shape index (κ1) is 21.9. The van der Waals surface area contributed by atoms with Crippen molar-refractivity contribution in [2.24, 2.45) is 0 Å². The molecule has 3 aromatic rings. The topological polar surface area (TPSA) is 46.6 Å². The summed E-state index contributed by atoms with van der Waals surface area (Å²) in [7, 11) is -3.64. The number of benzene rings is 3. The number of para-hydroxylation sites is 1. The Bertz CT molecular complexity index is 1150. The molecule has 3 aromatic carbocycles. The van der Waals surface area contributed by atoms with Crippen LogP contribution in [0.3, 0.4) is 0 Å². The summed E-state index contributed by atoms with van der Waals surface area (Å²) in [6.07, 6.45) is 0. The summed E-state index contributed by atoms with van der Waals surface area (Å²) < 4.78 is 35.2. The fourth-order valence-electron chi connectivity index (χ4n) is 4.19. The molecule has 0 N–H and O–H groups in total. The monoisotopic (exact) mass is 453 g/mol. The molecule has 1 aliphatic rings. The number of nitrogens with zero attached hydrogens (tertiary/aromatic N) is 1. The summed E-state index contributed by atoms with van der Waals surface area (Å²) in [6.45, 7) is 6.67. The van der Waals surface area contributed by atoms with E-state index in [4.69, 9.17) is 4.74 Å². The van der Waals surface area contributed by atoms with Crippen LogP contribution in [0.2, 0.25) is 0 Å². The standard InChI is InChI=1S/C25H27NO3S2/c1-18-15-19(2)24(20(3)16-18)31(27,28)26-13-14-30-25(26)22-11-7-8-12-23(22)29-17-21-9-5-4-6-10-21/h4-12,15-16,25H,13-14,17H2,1-3H3. The van der Waals surface area contributed by atoms with Gasteiger partial charge in [-0.25, -0.2) is 8.42 Å². The van der Waals surface area contributed by atoms with Gasteiger partial charge in [0.25, 0.3) is 0 Å². The van der Waals surface area contributed by atoms with Gasteiger partial charge in [-0.05, 0) is 43.5 Å². The van der Waals surface area contributed by atoms with Gasteiger partial charge in [-0.3, -0.25) is 0 Å². The van der Waals surface area contributed by atoms with E-state index in [2.05, 4.69) is 0 Å². The van der Waals surface area contributed by atoms with Gasteiger partial charge in [-0.15, -0.1) is 11.8 Å². The van der Waals surface area contributed by atoms with Crippen LogP contribution in [0.25, 0.3) is 0 Å². The first-order chi connectivity index (χ1) is 14.9. The maximum atomic E-state index is 13.7. The van der Waals surface area contributed by atoms with E-state index in [1.807, 2.05) is 87.5 Å². The summed E-state index contributed by atoms with van der Waals surface area (Å²) in [6, 6.07) is 21.6. The minimum Gasteiger partial charge on any atom is -0.489 e. The van der Waals surface area contributed by atoms with Gasteiger partial charge >= 0.3 is 0 Å². The van der Waals surface area contributed by atoms with E-state index in [0.717, 1.165) is 39.3 Å². The molecule has 1 unspecified atom stereocenters. The lowest BCUT2D eigenvalue weighted by Gasteiger charge is -2.26. The highest BCUT2D eigenvalue weighted by Crippen LogP contribution is 2.45. The van der Waals surface area contributed by atoms with E-state index in [0.29, 0.717) is 18.0 Å². The Labute approximate surface area is 189 Å². The van der Waals surface area contributed by atoms with Crippen LogP contribution in [0.1, 0.15) is 33.2 Å². The van der Waals surface area contributed by atoms with Crippen LogP contribution < -0.4 is 4.74 Å². The molecule has 1 aliphatic heterocycles. The third kappa shape index (κ3) is 4.52. The van der Waals surface area contributed by atoms with Crippen molar-refractivity contribution in [1.29, 1.82) is 0 Å². The molecule has 0 aliphatic carbocycles. The second kappa shape index (κ2) is 9.07. The van der Waals surface area contributed by atoms with Crippen LogP contribution in [0, 0.1) is 20.8 Å². The second-order valence-corrected chi connectivity index (χ2v) is 10.9. The molecule has 6 heteroatoms. The summed E-state index contributed by atoms with van der Waals surface area (Å²) in [5.41, 5.74) is 4.63. The van der Waals surface area contributed by atoms with Crippen molar-refractivity contribution in [3.8, 4) is 5.75 Å². The smallest absolute Gasteiger partial charge is 0.244 e. The van der Waals surface area contributed by atoms with Gasteiger partial charge in [0.15, 0.2) is 0 Å². The van der Waals surface area contributed by atoms with Crippen LogP contribution in [0.15, 0.2) is 71.6 Å². The molecule has 1 heterocycles. The number of aryl methyl sites for hydroxylation is 3. The molecule has 0 spiro atoms. The highest BCUT2D eigenvalue weighted by molar-refractivity contribution is 8.01. The fourth-order valence-corrected chi connectivity index (χ4v) is 7.86. The van der Waals surface area contributed by atoms with E-state index in [1.165, 1.54) is 0 Å². The van der Waals surface area contributed by atoms with Gasteiger partial charge in [0.1, 0.15) is 12.4 Å². The van der Waals surface area contributed by atoms with Gasteiger partial charge in [0, 0.05) is 17.9 Å². The normalized spacial score (nSPS) is 17.1. The molecule has 31 heavy (non-hydrogen) atoms. The Kier molecular flexibility index (Phi) is 6.42. The molecule has 4 rings (SSSR count). The van der Waals surface area contributed by atoms with E-state index in [1.54, 1.807) is 16.1 Å². The minimum absolute atomic E-state index is 0.308. The first-order valence-electron chi connectivity index (χ1n) is 10.3. The third-order valence-corrected chi connectivity index (χ3v) is 8.99. The number of sulfonamides is 1. The maximum absolute atomic E-state index is 13.7. The molecule has 1 saturated heterocycles. The van der Waals surface area contributed by atoms with E-state index < -0.39 is 10.0 Å². The fraction of sp³-hybridized carbons (Fsp3) is 0.280. The van der Waals surface area contributed by atoms with Crippen LogP contribution in [-0.2, 0) is 16.6 Å². The van der Waals surface area contributed by atoms with Gasteiger partial charge in [-0.1, -0.05) is 66.2 Å². The second-order valence-electron chi connectivity index (χ2n) is 7.88. The molecule has 0 amide bonds. The number of thioether (sulfide) groups is 1. The molecular formula is C25H27NO3S2. The van der Waals surface area contributed by atoms with Gasteiger partial charge in [-0.2, -0.15) is 4.31 Å². The average Bonchev–Trinajstić information content (AvgIpc) is 3.23. The van der Waals surface area contributed by atoms with Crippen molar-refractivity contribution < 1.29 is 13.2 Å². The number of hydrogen-bond acceptors (Lipinski definition) is 4. The third-order valence-electron chi connectivity index (χ3n) is 5.44. The maximum Gasteiger partial charge on any atom is 0.244 e. The number of hydrogen-bond donors (Lipinski definition) is 0. The lowest BCUT2D eigenvalue weighted by Crippen LogP contribution is -2.31. The summed E-state index contributed by atoms with van der Waals surface area (Å²) in [4.78, 5) is 0.424. The molecule has 0 saturated carbocycles. The Morgan fingerprint density at radius 2 is 1.61 bits per heavy atom. The Morgan fingerprint density at radius 3 is 2.32 bits per heavy atom. The van der Waals surface area contributed by atoms with Gasteiger partial charge in [0.05, 0.1) is 10.3 Å². The quantitative estimate of drug-likeness (QED) is 0.485. The van der Waals surface area contributed by atoms with E-state index >= 15 is 0 Å². The molecule has 1 fully saturated rings. The number of ether oxygens (including phenoxy) is 1. The molecular weight excluding hydrogens is 426 g/mol. The van der Waals surface area contributed by atoms with Crippen molar-refractivity contribution in [1.82, 2.24) is 4.31 Å². The summed E-state index contributed by atoms with van der Waals surface area (Å²) in [5, 5.41) is -0.308. The van der Waals surface area contributed by atoms with Crippen molar-refractivity contribution in [3.63, 3.8) is 0 Å². The number of rotatable bonds is 6. The van der Waals surface area contributed by atoms with Crippen molar-refractivity contribution in [2.75, 3.05) is 12.3 Å². The highest BCUT2D eigenvalue weighted by atomic mass is 32.2. The average molecular weight is 454 g/mol. The van der Waals surface area contributed by atoms with Crippen LogP contribution in [0.5, 0.6) is 5.75 Å². The van der Waals surface area contributed by atoms with Gasteiger partial charge < -0.3 is 4.74 Å². The van der Waals surface area contributed by atoms with Crippen molar-refractivity contribution >= 4 is 21.8 Å². The zero-order valence-corrected chi connectivity index (χ0v) is 19.7. The first-order valence-corrected chi connectivity index (χ1v) is 12.8. The molecule has 162 valence electrons. The predicted octanol–water partition coefficient (Wildman–Crippen LogP) is 5.63. The van der Waals surface area contributed by atoms with Crippen LogP contribution in [-0.4, -0.2) is 25.0 Å². The van der Waals surface area contributed by atoms with E-state index in [9.17, 15) is 8.42 Å². The van der Waals surface area contributed by atoms with Gasteiger partial charge in [0.2, 0.25) is 10.0 Å². The lowest BCUT2D eigenvalue weighted by atomic mass is 10.1. The SMILES string of the molecule is Cc1cc(C)c(S(=O)(=O)N2CCSC2c2ccccc2OCc2ccccc2)c(C)c1. The molecule has 0 radical (unpaired) electrons. The van der Waals surface area contributed by atoms with Crippen LogP contribution in [0.4, 0.5) is 0 Å². The summed E-state index contributed by atoms with van der Waals surface area (Å²) in [5.74, 6) is 1.48. The molecule has 1 atom stereocenters. The summed E-state index contributed by atoms with van der Waals surface area (Å²) >= 11 is 1.64. The highest BCUT2D eigenvalue weighted by Gasteiger charge is 2.39. The lowest BCUT2D eigenvalue weighted by molar-refractivity contribution is 0.298. The Hall–Kier alpha value is -2.28. The van der Waals surface area contributed by atoms with E-state index in [-0.39, 0.29) is 5.37 Å². The Balaban J connectivity index is 1.67. The van der Waals surface area contributed by atoms with Crippen LogP contribution >= 0.6 is 11.8 Å². The minimum atomic E-state index is -3.64.